The minimum absolute atomic E-state index is 0.304. The summed E-state index contributed by atoms with van der Waals surface area (Å²) < 4.78 is 58.8. The molecule has 1 rings (SSSR count). The highest BCUT2D eigenvalue weighted by atomic mass is 32.2. The van der Waals surface area contributed by atoms with E-state index in [0.29, 0.717) is 6.54 Å². The van der Waals surface area contributed by atoms with Gasteiger partial charge in [-0.05, 0) is 13.5 Å². The molecule has 0 amide bonds. The summed E-state index contributed by atoms with van der Waals surface area (Å²) in [5.74, 6) is 0. The van der Waals surface area contributed by atoms with Crippen LogP contribution in [0.15, 0.2) is 25.2 Å². The van der Waals surface area contributed by atoms with Crippen LogP contribution in [0.2, 0.25) is 0 Å². The predicted octanol–water partition coefficient (Wildman–Crippen LogP) is 1.56. The molecule has 0 aromatic carbocycles. The van der Waals surface area contributed by atoms with Gasteiger partial charge in [0.1, 0.15) is 12.4 Å². The van der Waals surface area contributed by atoms with E-state index in [-0.39, 0.29) is 6.67 Å². The third-order valence-electron chi connectivity index (χ3n) is 2.39. The van der Waals surface area contributed by atoms with Crippen LogP contribution in [0.5, 0.6) is 0 Å². The fourth-order valence-electron chi connectivity index (χ4n) is 1.36. The lowest BCUT2D eigenvalue weighted by molar-refractivity contribution is -0.700. The number of hydrogen-bond donors (Lipinski definition) is 0. The maximum absolute atomic E-state index is 12.4. The van der Waals surface area contributed by atoms with E-state index in [1.807, 2.05) is 0 Å². The minimum Gasteiger partial charge on any atom is -0.325 e. The highest BCUT2D eigenvalue weighted by Crippen LogP contribution is 2.35. The van der Waals surface area contributed by atoms with Gasteiger partial charge in [-0.3, -0.25) is 0 Å². The van der Waals surface area contributed by atoms with Crippen LogP contribution in [0.25, 0.3) is 0 Å². The number of halogens is 3. The van der Waals surface area contributed by atoms with Crippen molar-refractivity contribution in [3.05, 3.63) is 25.2 Å². The largest absolute Gasteiger partial charge is 0.550 e. The molecule has 0 fully saturated rings. The van der Waals surface area contributed by atoms with Crippen LogP contribution in [0.4, 0.5) is 13.2 Å². The second-order valence-electron chi connectivity index (χ2n) is 3.30. The molecule has 0 aromatic heterocycles. The van der Waals surface area contributed by atoms with E-state index in [9.17, 15) is 21.6 Å². The summed E-state index contributed by atoms with van der Waals surface area (Å²) in [6, 6.07) is 0. The van der Waals surface area contributed by atoms with Crippen LogP contribution < -0.4 is 0 Å². The highest BCUT2D eigenvalue weighted by molar-refractivity contribution is 7.86. The lowest BCUT2D eigenvalue weighted by Crippen LogP contribution is -2.50. The molecular weight excluding hydrogens is 245 g/mol. The molecule has 8 heteroatoms. The standard InChI is InChI=1S/C8H12F3N2O2S/c1-3-12-5-6-13(4-2,7-12)16(14,15)8(9,10)11/h4-6H,2-3,7H2,1H3/q+1. The van der Waals surface area contributed by atoms with Crippen molar-refractivity contribution in [3.8, 4) is 0 Å². The van der Waals surface area contributed by atoms with Crippen LogP contribution in [0.3, 0.4) is 0 Å². The molecule has 0 spiro atoms. The van der Waals surface area contributed by atoms with Crippen LogP contribution in [-0.4, -0.2) is 35.9 Å². The third kappa shape index (κ3) is 1.71. The SMILES string of the molecule is C=C[N+]1(S(=O)(=O)C(F)(F)F)C=CN(CC)C1. The molecule has 0 bridgehead atoms. The summed E-state index contributed by atoms with van der Waals surface area (Å²) in [7, 11) is -5.34. The maximum Gasteiger partial charge on any atom is 0.550 e. The molecule has 16 heavy (non-hydrogen) atoms. The van der Waals surface area contributed by atoms with Crippen molar-refractivity contribution < 1.29 is 25.5 Å². The lowest BCUT2D eigenvalue weighted by atomic mass is 10.6. The Hall–Kier alpha value is -1.02. The topological polar surface area (TPSA) is 37.4 Å². The van der Waals surface area contributed by atoms with E-state index >= 15 is 0 Å². The van der Waals surface area contributed by atoms with Gasteiger partial charge in [0.05, 0.1) is 6.20 Å². The summed E-state index contributed by atoms with van der Waals surface area (Å²) in [6.07, 6.45) is 3.07. The average Bonchev–Trinajstić information content (AvgIpc) is 2.60. The molecule has 0 saturated heterocycles. The first-order valence-corrected chi connectivity index (χ1v) is 5.90. The smallest absolute Gasteiger partial charge is 0.325 e. The van der Waals surface area contributed by atoms with Gasteiger partial charge in [-0.1, -0.05) is 0 Å². The fraction of sp³-hybridized carbons (Fsp3) is 0.500. The van der Waals surface area contributed by atoms with Crippen molar-refractivity contribution in [2.24, 2.45) is 0 Å². The summed E-state index contributed by atoms with van der Waals surface area (Å²) in [5, 5.41) is 0. The molecule has 0 aliphatic carbocycles. The molecule has 0 radical (unpaired) electrons. The van der Waals surface area contributed by atoms with Crippen LogP contribution in [-0.2, 0) is 10.0 Å². The lowest BCUT2D eigenvalue weighted by Gasteiger charge is -2.27. The Morgan fingerprint density at radius 3 is 2.44 bits per heavy atom. The predicted molar refractivity (Wildman–Crippen MR) is 51.8 cm³/mol. The molecule has 0 saturated carbocycles. The first kappa shape index (κ1) is 13.0. The summed E-state index contributed by atoms with van der Waals surface area (Å²) in [6.45, 7) is 5.02. The number of alkyl halides is 3. The van der Waals surface area contributed by atoms with Crippen molar-refractivity contribution in [3.63, 3.8) is 0 Å². The Kier molecular flexibility index (Phi) is 3.08. The van der Waals surface area contributed by atoms with Crippen molar-refractivity contribution >= 4 is 10.0 Å². The molecule has 1 aliphatic rings. The van der Waals surface area contributed by atoms with Gasteiger partial charge < -0.3 is 4.90 Å². The second kappa shape index (κ2) is 3.77. The van der Waals surface area contributed by atoms with Gasteiger partial charge in [0.25, 0.3) is 0 Å². The number of rotatable bonds is 3. The average molecular weight is 257 g/mol. The highest BCUT2D eigenvalue weighted by Gasteiger charge is 2.61. The van der Waals surface area contributed by atoms with E-state index in [2.05, 4.69) is 6.58 Å². The summed E-state index contributed by atoms with van der Waals surface area (Å²) >= 11 is 0. The molecule has 1 aliphatic heterocycles. The molecule has 0 N–H and O–H groups in total. The normalized spacial score (nSPS) is 26.1. The monoisotopic (exact) mass is 257 g/mol. The number of quaternary nitrogens is 1. The van der Waals surface area contributed by atoms with Crippen LogP contribution in [0.1, 0.15) is 6.92 Å². The second-order valence-corrected chi connectivity index (χ2v) is 5.39. The Morgan fingerprint density at radius 2 is 2.12 bits per heavy atom. The summed E-state index contributed by atoms with van der Waals surface area (Å²) in [5.41, 5.74) is -5.30. The Balaban J connectivity index is 3.21. The van der Waals surface area contributed by atoms with Gasteiger partial charge in [0.2, 0.25) is 0 Å². The maximum atomic E-state index is 12.4. The molecule has 1 unspecified atom stereocenters. The van der Waals surface area contributed by atoms with E-state index in [1.54, 1.807) is 6.92 Å². The zero-order valence-corrected chi connectivity index (χ0v) is 9.42. The van der Waals surface area contributed by atoms with E-state index in [1.165, 1.54) is 11.1 Å². The number of sulfonamides is 1. The molecule has 1 atom stereocenters. The Labute approximate surface area is 91.9 Å². The molecule has 0 aromatic rings. The van der Waals surface area contributed by atoms with E-state index in [4.69, 9.17) is 0 Å². The summed E-state index contributed by atoms with van der Waals surface area (Å²) in [4.78, 5) is 1.46. The minimum atomic E-state index is -5.34. The van der Waals surface area contributed by atoms with Crippen molar-refractivity contribution in [1.29, 1.82) is 0 Å². The van der Waals surface area contributed by atoms with Crippen LogP contribution >= 0.6 is 0 Å². The first-order chi connectivity index (χ1) is 7.20. The fourth-order valence-corrected chi connectivity index (χ4v) is 2.45. The zero-order chi connectivity index (χ0) is 12.6. The van der Waals surface area contributed by atoms with Crippen molar-refractivity contribution in [2.45, 2.75) is 12.4 Å². The zero-order valence-electron chi connectivity index (χ0n) is 8.61. The third-order valence-corrected chi connectivity index (χ3v) is 4.25. The van der Waals surface area contributed by atoms with Crippen LogP contribution in [0, 0.1) is 0 Å². The molecule has 1 heterocycles. The van der Waals surface area contributed by atoms with Crippen molar-refractivity contribution in [2.75, 3.05) is 13.2 Å². The van der Waals surface area contributed by atoms with Gasteiger partial charge in [-0.15, -0.1) is 3.89 Å². The van der Waals surface area contributed by atoms with Gasteiger partial charge >= 0.3 is 15.5 Å². The Morgan fingerprint density at radius 1 is 1.56 bits per heavy atom. The first-order valence-electron chi connectivity index (χ1n) is 4.46. The quantitative estimate of drug-likeness (QED) is 0.720. The Bertz CT molecular complexity index is 415. The van der Waals surface area contributed by atoms with Crippen molar-refractivity contribution in [1.82, 2.24) is 4.90 Å². The molecular formula is C8H12F3N2O2S+. The van der Waals surface area contributed by atoms with E-state index < -0.39 is 19.4 Å². The molecule has 4 nitrogen and oxygen atoms in total. The van der Waals surface area contributed by atoms with Gasteiger partial charge in [-0.2, -0.15) is 21.6 Å². The van der Waals surface area contributed by atoms with Gasteiger partial charge in [0, 0.05) is 6.54 Å². The number of hydrogen-bond acceptors (Lipinski definition) is 3. The van der Waals surface area contributed by atoms with Gasteiger partial charge in [-0.25, -0.2) is 0 Å². The van der Waals surface area contributed by atoms with E-state index in [0.717, 1.165) is 12.4 Å². The molecule has 92 valence electrons. The number of nitrogens with zero attached hydrogens (tertiary/aromatic N) is 2. The van der Waals surface area contributed by atoms with Gasteiger partial charge in [0.15, 0.2) is 6.67 Å².